The van der Waals surface area contributed by atoms with Gasteiger partial charge in [0.25, 0.3) is 5.91 Å². The summed E-state index contributed by atoms with van der Waals surface area (Å²) < 4.78 is 18.5. The number of rotatable bonds is 5. The van der Waals surface area contributed by atoms with Crippen molar-refractivity contribution in [3.05, 3.63) is 59.4 Å². The first-order valence-electron chi connectivity index (χ1n) is 7.34. The number of ether oxygens (including phenoxy) is 1. The van der Waals surface area contributed by atoms with Crippen LogP contribution < -0.4 is 10.1 Å². The largest absolute Gasteiger partial charge is 0.494 e. The molecule has 2 aromatic carbocycles. The fourth-order valence-corrected chi connectivity index (χ4v) is 2.16. The average molecular weight is 330 g/mol. The van der Waals surface area contributed by atoms with E-state index in [9.17, 15) is 14.0 Å². The van der Waals surface area contributed by atoms with Crippen LogP contribution in [0.2, 0.25) is 0 Å². The maximum atomic E-state index is 13.6. The number of hydrogen-bond donors (Lipinski definition) is 1. The summed E-state index contributed by atoms with van der Waals surface area (Å²) in [5, 5.41) is 2.72. The first kappa shape index (κ1) is 17.5. The van der Waals surface area contributed by atoms with Gasteiger partial charge >= 0.3 is 0 Å². The quantitative estimate of drug-likeness (QED) is 0.917. The molecular formula is C18H19FN2O3. The third-order valence-corrected chi connectivity index (χ3v) is 3.40. The van der Waals surface area contributed by atoms with E-state index in [1.165, 1.54) is 24.1 Å². The van der Waals surface area contributed by atoms with Gasteiger partial charge in [-0.15, -0.1) is 0 Å². The number of benzene rings is 2. The summed E-state index contributed by atoms with van der Waals surface area (Å²) in [4.78, 5) is 25.3. The van der Waals surface area contributed by atoms with Crippen molar-refractivity contribution in [3.8, 4) is 5.75 Å². The second kappa shape index (κ2) is 7.59. The molecule has 0 aliphatic rings. The minimum Gasteiger partial charge on any atom is -0.494 e. The van der Waals surface area contributed by atoms with Gasteiger partial charge in [-0.05, 0) is 42.0 Å². The second-order valence-electron chi connectivity index (χ2n) is 5.47. The van der Waals surface area contributed by atoms with Crippen LogP contribution in [0.4, 0.5) is 10.1 Å². The lowest BCUT2D eigenvalue weighted by atomic mass is 10.1. The van der Waals surface area contributed by atoms with Gasteiger partial charge in [-0.3, -0.25) is 9.59 Å². The Morgan fingerprint density at radius 1 is 1.12 bits per heavy atom. The number of nitrogens with one attached hydrogen (secondary N) is 1. The first-order chi connectivity index (χ1) is 11.4. The van der Waals surface area contributed by atoms with E-state index in [-0.39, 0.29) is 24.0 Å². The highest BCUT2D eigenvalue weighted by Crippen LogP contribution is 2.18. The van der Waals surface area contributed by atoms with Gasteiger partial charge in [0.15, 0.2) is 11.6 Å². The number of methoxy groups -OCH3 is 1. The Balaban J connectivity index is 1.99. The highest BCUT2D eigenvalue weighted by atomic mass is 19.1. The Labute approximate surface area is 140 Å². The Morgan fingerprint density at radius 2 is 1.79 bits per heavy atom. The molecule has 0 bridgehead atoms. The first-order valence-corrected chi connectivity index (χ1v) is 7.34. The summed E-state index contributed by atoms with van der Waals surface area (Å²) in [6.45, 7) is 0. The lowest BCUT2D eigenvalue weighted by Gasteiger charge is -2.11. The molecule has 0 aromatic heterocycles. The van der Waals surface area contributed by atoms with E-state index in [0.717, 1.165) is 0 Å². The SMILES string of the molecule is COc1ccc(CC(=O)Nc2ccc(C(=O)N(C)C)cc2)cc1F. The van der Waals surface area contributed by atoms with E-state index < -0.39 is 5.82 Å². The molecule has 0 saturated carbocycles. The summed E-state index contributed by atoms with van der Waals surface area (Å²) in [7, 11) is 4.73. The van der Waals surface area contributed by atoms with E-state index in [1.807, 2.05) is 0 Å². The topological polar surface area (TPSA) is 58.6 Å². The molecule has 5 nitrogen and oxygen atoms in total. The molecule has 6 heteroatoms. The van der Waals surface area contributed by atoms with Crippen LogP contribution in [-0.4, -0.2) is 37.9 Å². The molecule has 2 amide bonds. The van der Waals surface area contributed by atoms with Crippen molar-refractivity contribution in [2.45, 2.75) is 6.42 Å². The minimum absolute atomic E-state index is 0.0410. The highest BCUT2D eigenvalue weighted by Gasteiger charge is 2.10. The number of anilines is 1. The Bertz CT molecular complexity index is 742. The van der Waals surface area contributed by atoms with E-state index in [4.69, 9.17) is 4.74 Å². The van der Waals surface area contributed by atoms with E-state index >= 15 is 0 Å². The third kappa shape index (κ3) is 4.32. The fourth-order valence-electron chi connectivity index (χ4n) is 2.16. The van der Waals surface area contributed by atoms with Gasteiger partial charge in [0.1, 0.15) is 0 Å². The van der Waals surface area contributed by atoms with Crippen LogP contribution in [0.25, 0.3) is 0 Å². The van der Waals surface area contributed by atoms with Gasteiger partial charge in [-0.2, -0.15) is 0 Å². The van der Waals surface area contributed by atoms with Crippen LogP contribution in [0.3, 0.4) is 0 Å². The van der Waals surface area contributed by atoms with E-state index in [0.29, 0.717) is 16.8 Å². The van der Waals surface area contributed by atoms with Crippen LogP contribution in [-0.2, 0) is 11.2 Å². The van der Waals surface area contributed by atoms with Crippen LogP contribution in [0.15, 0.2) is 42.5 Å². The maximum absolute atomic E-state index is 13.6. The molecule has 0 atom stereocenters. The van der Waals surface area contributed by atoms with Crippen molar-refractivity contribution in [1.29, 1.82) is 0 Å². The normalized spacial score (nSPS) is 10.2. The van der Waals surface area contributed by atoms with Gasteiger partial charge < -0.3 is 15.0 Å². The number of hydrogen-bond acceptors (Lipinski definition) is 3. The summed E-state index contributed by atoms with van der Waals surface area (Å²) in [5.74, 6) is -0.748. The molecule has 24 heavy (non-hydrogen) atoms. The third-order valence-electron chi connectivity index (χ3n) is 3.40. The molecule has 0 saturated heterocycles. The molecule has 0 spiro atoms. The van der Waals surface area contributed by atoms with Crippen molar-refractivity contribution >= 4 is 17.5 Å². The molecule has 1 N–H and O–H groups in total. The molecule has 0 aliphatic carbocycles. The number of carbonyl (C=O) groups is 2. The van der Waals surface area contributed by atoms with Crippen molar-refractivity contribution in [2.24, 2.45) is 0 Å². The van der Waals surface area contributed by atoms with Crippen molar-refractivity contribution < 1.29 is 18.7 Å². The van der Waals surface area contributed by atoms with Gasteiger partial charge in [0, 0.05) is 25.3 Å². The Morgan fingerprint density at radius 3 is 2.33 bits per heavy atom. The maximum Gasteiger partial charge on any atom is 0.253 e. The zero-order chi connectivity index (χ0) is 17.7. The molecule has 2 aromatic rings. The smallest absolute Gasteiger partial charge is 0.253 e. The van der Waals surface area contributed by atoms with Crippen molar-refractivity contribution in [3.63, 3.8) is 0 Å². The van der Waals surface area contributed by atoms with Gasteiger partial charge in [0.2, 0.25) is 5.91 Å². The predicted octanol–water partition coefficient (Wildman–Crippen LogP) is 2.72. The fraction of sp³-hybridized carbons (Fsp3) is 0.222. The molecule has 0 heterocycles. The van der Waals surface area contributed by atoms with Crippen LogP contribution in [0, 0.1) is 5.82 Å². The lowest BCUT2D eigenvalue weighted by molar-refractivity contribution is -0.115. The number of carbonyl (C=O) groups excluding carboxylic acids is 2. The molecular weight excluding hydrogens is 311 g/mol. The zero-order valence-electron chi connectivity index (χ0n) is 13.8. The number of nitrogens with zero attached hydrogens (tertiary/aromatic N) is 1. The summed E-state index contributed by atoms with van der Waals surface area (Å²) in [6, 6.07) is 11.0. The van der Waals surface area contributed by atoms with Crippen LogP contribution in [0.5, 0.6) is 5.75 Å². The standard InChI is InChI=1S/C18H19FN2O3/c1-21(2)18(23)13-5-7-14(8-6-13)20-17(22)11-12-4-9-16(24-3)15(19)10-12/h4-10H,11H2,1-3H3,(H,20,22). The average Bonchev–Trinajstić information content (AvgIpc) is 2.55. The van der Waals surface area contributed by atoms with Crippen molar-refractivity contribution in [2.75, 3.05) is 26.5 Å². The monoisotopic (exact) mass is 330 g/mol. The van der Waals surface area contributed by atoms with Crippen LogP contribution in [0.1, 0.15) is 15.9 Å². The Kier molecular flexibility index (Phi) is 5.52. The molecule has 126 valence electrons. The minimum atomic E-state index is -0.505. The summed E-state index contributed by atoms with van der Waals surface area (Å²) in [6.07, 6.45) is 0.0410. The second-order valence-corrected chi connectivity index (χ2v) is 5.47. The van der Waals surface area contributed by atoms with E-state index in [2.05, 4.69) is 5.32 Å². The van der Waals surface area contributed by atoms with Gasteiger partial charge in [-0.25, -0.2) is 4.39 Å². The van der Waals surface area contributed by atoms with Crippen LogP contribution >= 0.6 is 0 Å². The zero-order valence-corrected chi connectivity index (χ0v) is 13.8. The molecule has 0 fully saturated rings. The molecule has 0 radical (unpaired) electrons. The molecule has 0 aliphatic heterocycles. The number of halogens is 1. The van der Waals surface area contributed by atoms with E-state index in [1.54, 1.807) is 44.4 Å². The molecule has 0 unspecified atom stereocenters. The Hall–Kier alpha value is -2.89. The summed E-state index contributed by atoms with van der Waals surface area (Å²) >= 11 is 0. The number of amides is 2. The molecule has 2 rings (SSSR count). The van der Waals surface area contributed by atoms with Crippen molar-refractivity contribution in [1.82, 2.24) is 4.90 Å². The predicted molar refractivity (Wildman–Crippen MR) is 89.7 cm³/mol. The summed E-state index contributed by atoms with van der Waals surface area (Å²) in [5.41, 5.74) is 1.66. The lowest BCUT2D eigenvalue weighted by Crippen LogP contribution is -2.21. The van der Waals surface area contributed by atoms with Gasteiger partial charge in [-0.1, -0.05) is 6.07 Å². The highest BCUT2D eigenvalue weighted by molar-refractivity contribution is 5.96. The van der Waals surface area contributed by atoms with Gasteiger partial charge in [0.05, 0.1) is 13.5 Å².